The van der Waals surface area contributed by atoms with Crippen molar-refractivity contribution in [2.75, 3.05) is 20.6 Å². The number of carbonyl (C=O) groups excluding carboxylic acids is 1. The highest BCUT2D eigenvalue weighted by molar-refractivity contribution is 5.92. The third kappa shape index (κ3) is 3.23. The molecule has 8 nitrogen and oxygen atoms in total. The predicted octanol–water partition coefficient (Wildman–Crippen LogP) is 1.65. The zero-order valence-electron chi connectivity index (χ0n) is 14.8. The quantitative estimate of drug-likeness (QED) is 0.710. The Hall–Kier alpha value is -3.00. The smallest absolute Gasteiger partial charge is 0.274 e. The molecule has 0 saturated heterocycles. The molecule has 0 radical (unpaired) electrons. The lowest BCUT2D eigenvalue weighted by Crippen LogP contribution is -2.30. The summed E-state index contributed by atoms with van der Waals surface area (Å²) in [5.41, 5.74) is 2.92. The average molecular weight is 352 g/mol. The summed E-state index contributed by atoms with van der Waals surface area (Å²) in [6.45, 7) is 2.87. The summed E-state index contributed by atoms with van der Waals surface area (Å²) in [5.74, 6) is 0.468. The van der Waals surface area contributed by atoms with Gasteiger partial charge in [0.25, 0.3) is 5.91 Å². The molecule has 3 aromatic rings. The topological polar surface area (TPSA) is 80.3 Å². The molecule has 0 aliphatic carbocycles. The van der Waals surface area contributed by atoms with Crippen molar-refractivity contribution >= 4 is 5.91 Å². The van der Waals surface area contributed by atoms with Crippen LogP contribution in [0.2, 0.25) is 0 Å². The largest absolute Gasteiger partial charge is 0.359 e. The van der Waals surface area contributed by atoms with Crippen molar-refractivity contribution in [3.05, 3.63) is 53.7 Å². The maximum Gasteiger partial charge on any atom is 0.274 e. The molecule has 0 aromatic carbocycles. The Morgan fingerprint density at radius 1 is 1.27 bits per heavy atom. The Balaban J connectivity index is 1.46. The van der Waals surface area contributed by atoms with Crippen LogP contribution in [0.25, 0.3) is 11.4 Å². The van der Waals surface area contributed by atoms with Crippen molar-refractivity contribution in [3.63, 3.8) is 0 Å². The van der Waals surface area contributed by atoms with Gasteiger partial charge >= 0.3 is 0 Å². The SMILES string of the molecule is CN1CCn2nc(C(=O)N(C)Cc3cc(-c4ccccn4)no3)cc2C1. The molecule has 134 valence electrons. The van der Waals surface area contributed by atoms with Crippen LogP contribution in [0.4, 0.5) is 0 Å². The van der Waals surface area contributed by atoms with Gasteiger partial charge in [-0.3, -0.25) is 19.4 Å². The van der Waals surface area contributed by atoms with E-state index >= 15 is 0 Å². The summed E-state index contributed by atoms with van der Waals surface area (Å²) in [6, 6.07) is 9.28. The molecule has 0 fully saturated rings. The van der Waals surface area contributed by atoms with Gasteiger partial charge in [0.05, 0.1) is 24.5 Å². The number of carbonyl (C=O) groups is 1. The van der Waals surface area contributed by atoms with Gasteiger partial charge in [-0.1, -0.05) is 11.2 Å². The van der Waals surface area contributed by atoms with Gasteiger partial charge in [-0.2, -0.15) is 5.10 Å². The van der Waals surface area contributed by atoms with Crippen molar-refractivity contribution in [2.45, 2.75) is 19.6 Å². The number of hydrogen-bond acceptors (Lipinski definition) is 6. The third-order valence-corrected chi connectivity index (χ3v) is 4.43. The van der Waals surface area contributed by atoms with Crippen LogP contribution >= 0.6 is 0 Å². The Morgan fingerprint density at radius 3 is 2.96 bits per heavy atom. The van der Waals surface area contributed by atoms with Crippen LogP contribution in [0.3, 0.4) is 0 Å². The third-order valence-electron chi connectivity index (χ3n) is 4.43. The molecular weight excluding hydrogens is 332 g/mol. The second-order valence-corrected chi connectivity index (χ2v) is 6.54. The zero-order chi connectivity index (χ0) is 18.1. The van der Waals surface area contributed by atoms with Crippen molar-refractivity contribution in [1.82, 2.24) is 29.7 Å². The lowest BCUT2D eigenvalue weighted by atomic mass is 10.2. The molecule has 0 atom stereocenters. The molecule has 0 bridgehead atoms. The van der Waals surface area contributed by atoms with Crippen LogP contribution in [0.15, 0.2) is 41.1 Å². The molecule has 1 aliphatic rings. The summed E-state index contributed by atoms with van der Waals surface area (Å²) < 4.78 is 7.27. The Kier molecular flexibility index (Phi) is 4.26. The molecule has 26 heavy (non-hydrogen) atoms. The Labute approximate surface area is 151 Å². The van der Waals surface area contributed by atoms with Crippen LogP contribution in [-0.2, 0) is 19.6 Å². The van der Waals surface area contributed by atoms with Crippen molar-refractivity contribution < 1.29 is 9.32 Å². The van der Waals surface area contributed by atoms with Crippen LogP contribution in [0.5, 0.6) is 0 Å². The van der Waals surface area contributed by atoms with Gasteiger partial charge in [-0.25, -0.2) is 0 Å². The number of fused-ring (bicyclic) bond motifs is 1. The van der Waals surface area contributed by atoms with E-state index in [2.05, 4.69) is 27.2 Å². The van der Waals surface area contributed by atoms with Crippen molar-refractivity contribution in [3.8, 4) is 11.4 Å². The van der Waals surface area contributed by atoms with E-state index in [1.165, 1.54) is 0 Å². The molecule has 8 heteroatoms. The van der Waals surface area contributed by atoms with E-state index in [1.807, 2.05) is 28.9 Å². The molecule has 0 unspecified atom stereocenters. The highest BCUT2D eigenvalue weighted by Gasteiger charge is 2.22. The number of nitrogens with zero attached hydrogens (tertiary/aromatic N) is 6. The van der Waals surface area contributed by atoms with E-state index in [0.29, 0.717) is 23.7 Å². The van der Waals surface area contributed by atoms with Gasteiger partial charge in [-0.05, 0) is 25.2 Å². The lowest BCUT2D eigenvalue weighted by molar-refractivity contribution is 0.0765. The summed E-state index contributed by atoms with van der Waals surface area (Å²) in [5, 5.41) is 8.48. The van der Waals surface area contributed by atoms with Crippen molar-refractivity contribution in [1.29, 1.82) is 0 Å². The van der Waals surface area contributed by atoms with Crippen LogP contribution in [0.1, 0.15) is 21.9 Å². The van der Waals surface area contributed by atoms with Crippen LogP contribution in [-0.4, -0.2) is 56.3 Å². The normalized spacial score (nSPS) is 14.2. The van der Waals surface area contributed by atoms with Gasteiger partial charge in [0.2, 0.25) is 0 Å². The van der Waals surface area contributed by atoms with E-state index in [-0.39, 0.29) is 5.91 Å². The predicted molar refractivity (Wildman–Crippen MR) is 94.1 cm³/mol. The monoisotopic (exact) mass is 352 g/mol. The standard InChI is InChI=1S/C18H20N6O2/c1-22-7-8-24-13(11-22)9-17(20-24)18(25)23(2)12-14-10-16(21-26-14)15-5-3-4-6-19-15/h3-6,9-10H,7-8,11-12H2,1-2H3. The zero-order valence-corrected chi connectivity index (χ0v) is 14.8. The number of rotatable bonds is 4. The first kappa shape index (κ1) is 16.5. The summed E-state index contributed by atoms with van der Waals surface area (Å²) in [6.07, 6.45) is 1.71. The Bertz CT molecular complexity index is 917. The second-order valence-electron chi connectivity index (χ2n) is 6.54. The number of aromatic nitrogens is 4. The first-order chi connectivity index (χ1) is 12.6. The highest BCUT2D eigenvalue weighted by atomic mass is 16.5. The maximum absolute atomic E-state index is 12.7. The van der Waals surface area contributed by atoms with E-state index in [4.69, 9.17) is 4.52 Å². The lowest BCUT2D eigenvalue weighted by Gasteiger charge is -2.22. The van der Waals surface area contributed by atoms with Crippen LogP contribution in [0, 0.1) is 0 Å². The van der Waals surface area contributed by atoms with Gasteiger partial charge in [0.15, 0.2) is 11.5 Å². The van der Waals surface area contributed by atoms with Gasteiger partial charge in [0, 0.05) is 32.4 Å². The van der Waals surface area contributed by atoms with E-state index in [1.54, 1.807) is 24.2 Å². The number of likely N-dealkylation sites (N-methyl/N-ethyl adjacent to an activating group) is 1. The fourth-order valence-corrected chi connectivity index (χ4v) is 3.03. The minimum atomic E-state index is -0.134. The number of amides is 1. The van der Waals surface area contributed by atoms with Gasteiger partial charge in [0.1, 0.15) is 5.69 Å². The van der Waals surface area contributed by atoms with Gasteiger partial charge in [-0.15, -0.1) is 0 Å². The van der Waals surface area contributed by atoms with Crippen LogP contribution < -0.4 is 0 Å². The molecule has 0 N–H and O–H groups in total. The molecular formula is C18H20N6O2. The number of hydrogen-bond donors (Lipinski definition) is 0. The van der Waals surface area contributed by atoms with Crippen molar-refractivity contribution in [2.24, 2.45) is 0 Å². The molecule has 4 rings (SSSR count). The fraction of sp³-hybridized carbons (Fsp3) is 0.333. The molecule has 4 heterocycles. The Morgan fingerprint density at radius 2 is 2.15 bits per heavy atom. The minimum Gasteiger partial charge on any atom is -0.359 e. The van der Waals surface area contributed by atoms with Gasteiger partial charge < -0.3 is 9.42 Å². The van der Waals surface area contributed by atoms with E-state index in [0.717, 1.165) is 31.0 Å². The minimum absolute atomic E-state index is 0.134. The highest BCUT2D eigenvalue weighted by Crippen LogP contribution is 2.18. The maximum atomic E-state index is 12.7. The summed E-state index contributed by atoms with van der Waals surface area (Å²) >= 11 is 0. The average Bonchev–Trinajstić information content (AvgIpc) is 3.28. The molecule has 1 aliphatic heterocycles. The second kappa shape index (κ2) is 6.72. The molecule has 0 saturated carbocycles. The summed E-state index contributed by atoms with van der Waals surface area (Å²) in [4.78, 5) is 20.7. The first-order valence-corrected chi connectivity index (χ1v) is 8.48. The molecule has 1 amide bonds. The molecule has 3 aromatic heterocycles. The fourth-order valence-electron chi connectivity index (χ4n) is 3.03. The molecule has 0 spiro atoms. The van der Waals surface area contributed by atoms with E-state index < -0.39 is 0 Å². The van der Waals surface area contributed by atoms with E-state index in [9.17, 15) is 4.79 Å². The summed E-state index contributed by atoms with van der Waals surface area (Å²) in [7, 11) is 3.79. The number of pyridine rings is 1. The first-order valence-electron chi connectivity index (χ1n) is 8.48.